The van der Waals surface area contributed by atoms with Gasteiger partial charge < -0.3 is 4.90 Å². The summed E-state index contributed by atoms with van der Waals surface area (Å²) in [4.78, 5) is 14.7. The van der Waals surface area contributed by atoms with E-state index >= 15 is 0 Å². The lowest BCUT2D eigenvalue weighted by molar-refractivity contribution is 0.0570. The number of carbonyl (C=O) groups is 1. The predicted octanol–water partition coefficient (Wildman–Crippen LogP) is 3.39. The SMILES string of the molecule is CCS(=O)(=O)c1ccc(Cl)cc1C(=O)N1CC(C)CCC1C. The lowest BCUT2D eigenvalue weighted by Gasteiger charge is -2.37. The van der Waals surface area contributed by atoms with Gasteiger partial charge in [0.15, 0.2) is 9.84 Å². The van der Waals surface area contributed by atoms with E-state index in [-0.39, 0.29) is 28.2 Å². The smallest absolute Gasteiger partial charge is 0.255 e. The number of halogens is 1. The Bertz CT molecular complexity index is 672. The summed E-state index contributed by atoms with van der Waals surface area (Å²) < 4.78 is 24.5. The van der Waals surface area contributed by atoms with Crippen LogP contribution in [0.3, 0.4) is 0 Å². The maximum atomic E-state index is 12.9. The molecule has 4 nitrogen and oxygen atoms in total. The molecule has 1 aromatic rings. The summed E-state index contributed by atoms with van der Waals surface area (Å²) in [5, 5.41) is 0.371. The van der Waals surface area contributed by atoms with Gasteiger partial charge in [0.2, 0.25) is 0 Å². The summed E-state index contributed by atoms with van der Waals surface area (Å²) >= 11 is 5.99. The molecular weight excluding hydrogens is 322 g/mol. The molecule has 22 heavy (non-hydrogen) atoms. The zero-order chi connectivity index (χ0) is 16.5. The molecule has 1 aliphatic heterocycles. The van der Waals surface area contributed by atoms with Crippen LogP contribution < -0.4 is 0 Å². The van der Waals surface area contributed by atoms with Gasteiger partial charge >= 0.3 is 0 Å². The third kappa shape index (κ3) is 3.46. The Morgan fingerprint density at radius 1 is 1.32 bits per heavy atom. The highest BCUT2D eigenvalue weighted by atomic mass is 35.5. The number of nitrogens with zero attached hydrogens (tertiary/aromatic N) is 1. The molecule has 1 aliphatic rings. The Morgan fingerprint density at radius 3 is 2.64 bits per heavy atom. The fourth-order valence-electron chi connectivity index (χ4n) is 2.82. The number of sulfone groups is 1. The van der Waals surface area contributed by atoms with Gasteiger partial charge in [-0.05, 0) is 43.9 Å². The van der Waals surface area contributed by atoms with E-state index < -0.39 is 9.84 Å². The average molecular weight is 344 g/mol. The van der Waals surface area contributed by atoms with Crippen molar-refractivity contribution in [1.29, 1.82) is 0 Å². The second kappa shape index (κ2) is 6.59. The standard InChI is InChI=1S/C16H22ClNO3S/c1-4-22(20,21)15-8-7-13(17)9-14(15)16(19)18-10-11(2)5-6-12(18)3/h7-9,11-12H,4-6,10H2,1-3H3. The molecule has 2 atom stereocenters. The van der Waals surface area contributed by atoms with Crippen molar-refractivity contribution in [2.45, 2.75) is 44.6 Å². The Labute approximate surface area is 137 Å². The largest absolute Gasteiger partial charge is 0.336 e. The second-order valence-electron chi connectivity index (χ2n) is 6.03. The van der Waals surface area contributed by atoms with Gasteiger partial charge in [0, 0.05) is 17.6 Å². The molecule has 1 amide bonds. The van der Waals surface area contributed by atoms with Crippen LogP contribution in [0.2, 0.25) is 5.02 Å². The van der Waals surface area contributed by atoms with Crippen LogP contribution in [0.5, 0.6) is 0 Å². The van der Waals surface area contributed by atoms with Crippen LogP contribution in [0.1, 0.15) is 44.0 Å². The van der Waals surface area contributed by atoms with Crippen LogP contribution >= 0.6 is 11.6 Å². The fourth-order valence-corrected chi connectivity index (χ4v) is 4.06. The highest BCUT2D eigenvalue weighted by Gasteiger charge is 2.31. The van der Waals surface area contributed by atoms with E-state index in [4.69, 9.17) is 11.6 Å². The van der Waals surface area contributed by atoms with Crippen LogP contribution in [0.15, 0.2) is 23.1 Å². The van der Waals surface area contributed by atoms with Crippen LogP contribution in [-0.4, -0.2) is 37.6 Å². The highest BCUT2D eigenvalue weighted by Crippen LogP contribution is 2.27. The first-order chi connectivity index (χ1) is 10.3. The van der Waals surface area contributed by atoms with Crippen LogP contribution in [0, 0.1) is 5.92 Å². The first-order valence-electron chi connectivity index (χ1n) is 7.59. The number of amides is 1. The molecule has 1 saturated heterocycles. The summed E-state index contributed by atoms with van der Waals surface area (Å²) in [7, 11) is -3.47. The molecule has 1 fully saturated rings. The topological polar surface area (TPSA) is 54.5 Å². The molecule has 1 heterocycles. The number of carbonyl (C=O) groups excluding carboxylic acids is 1. The van der Waals surface area contributed by atoms with Gasteiger partial charge in [-0.3, -0.25) is 4.79 Å². The fraction of sp³-hybridized carbons (Fsp3) is 0.562. The molecule has 122 valence electrons. The summed E-state index contributed by atoms with van der Waals surface area (Å²) in [6.45, 7) is 6.33. The molecule has 0 N–H and O–H groups in total. The van der Waals surface area contributed by atoms with E-state index in [9.17, 15) is 13.2 Å². The normalized spacial score (nSPS) is 22.6. The minimum absolute atomic E-state index is 0.0408. The van der Waals surface area contributed by atoms with Crippen molar-refractivity contribution in [3.8, 4) is 0 Å². The molecule has 0 aliphatic carbocycles. The molecule has 6 heteroatoms. The highest BCUT2D eigenvalue weighted by molar-refractivity contribution is 7.91. The van der Waals surface area contributed by atoms with Gasteiger partial charge in [-0.2, -0.15) is 0 Å². The summed E-state index contributed by atoms with van der Waals surface area (Å²) in [6.07, 6.45) is 2.02. The van der Waals surface area contributed by atoms with Crippen molar-refractivity contribution in [1.82, 2.24) is 4.90 Å². The maximum absolute atomic E-state index is 12.9. The predicted molar refractivity (Wildman–Crippen MR) is 88.1 cm³/mol. The number of hydrogen-bond acceptors (Lipinski definition) is 3. The lowest BCUT2D eigenvalue weighted by atomic mass is 9.94. The molecule has 2 unspecified atom stereocenters. The summed E-state index contributed by atoms with van der Waals surface area (Å²) in [5.41, 5.74) is 0.190. The first kappa shape index (κ1) is 17.3. The number of piperidine rings is 1. The zero-order valence-electron chi connectivity index (χ0n) is 13.2. The van der Waals surface area contributed by atoms with Crippen molar-refractivity contribution < 1.29 is 13.2 Å². The van der Waals surface area contributed by atoms with Gasteiger partial charge in [-0.25, -0.2) is 8.42 Å². The van der Waals surface area contributed by atoms with Gasteiger partial charge in [0.05, 0.1) is 16.2 Å². The van der Waals surface area contributed by atoms with E-state index in [1.54, 1.807) is 11.8 Å². The zero-order valence-corrected chi connectivity index (χ0v) is 14.7. The summed E-state index contributed by atoms with van der Waals surface area (Å²) in [6, 6.07) is 4.54. The third-order valence-electron chi connectivity index (χ3n) is 4.27. The van der Waals surface area contributed by atoms with Crippen LogP contribution in [-0.2, 0) is 9.84 Å². The van der Waals surface area contributed by atoms with Gasteiger partial charge in [-0.1, -0.05) is 25.4 Å². The monoisotopic (exact) mass is 343 g/mol. The quantitative estimate of drug-likeness (QED) is 0.845. The summed E-state index contributed by atoms with van der Waals surface area (Å²) in [5.74, 6) is 0.139. The van der Waals surface area contributed by atoms with Gasteiger partial charge in [0.25, 0.3) is 5.91 Å². The third-order valence-corrected chi connectivity index (χ3v) is 6.29. The van der Waals surface area contributed by atoms with Crippen molar-refractivity contribution in [3.05, 3.63) is 28.8 Å². The molecular formula is C16H22ClNO3S. The lowest BCUT2D eigenvalue weighted by Crippen LogP contribution is -2.45. The Balaban J connectivity index is 2.47. The Hall–Kier alpha value is -1.07. The van der Waals surface area contributed by atoms with E-state index in [0.717, 1.165) is 12.8 Å². The molecule has 0 radical (unpaired) electrons. The maximum Gasteiger partial charge on any atom is 0.255 e. The Morgan fingerprint density at radius 2 is 2.00 bits per heavy atom. The Kier molecular flexibility index (Phi) is 5.17. The second-order valence-corrected chi connectivity index (χ2v) is 8.72. The van der Waals surface area contributed by atoms with Crippen molar-refractivity contribution in [2.75, 3.05) is 12.3 Å². The van der Waals surface area contributed by atoms with Crippen molar-refractivity contribution in [3.63, 3.8) is 0 Å². The van der Waals surface area contributed by atoms with Gasteiger partial charge in [0.1, 0.15) is 0 Å². The number of hydrogen-bond donors (Lipinski definition) is 0. The van der Waals surface area contributed by atoms with Crippen LogP contribution in [0.4, 0.5) is 0 Å². The molecule has 0 aromatic heterocycles. The number of benzene rings is 1. The number of rotatable bonds is 3. The van der Waals surface area contributed by atoms with Crippen molar-refractivity contribution >= 4 is 27.3 Å². The van der Waals surface area contributed by atoms with Gasteiger partial charge in [-0.15, -0.1) is 0 Å². The minimum atomic E-state index is -3.47. The van der Waals surface area contributed by atoms with Crippen molar-refractivity contribution in [2.24, 2.45) is 5.92 Å². The molecule has 0 bridgehead atoms. The molecule has 2 rings (SSSR count). The molecule has 1 aromatic carbocycles. The first-order valence-corrected chi connectivity index (χ1v) is 9.62. The van der Waals surface area contributed by atoms with E-state index in [0.29, 0.717) is 17.5 Å². The van der Waals surface area contributed by atoms with E-state index in [1.807, 2.05) is 6.92 Å². The van der Waals surface area contributed by atoms with E-state index in [1.165, 1.54) is 18.2 Å². The number of likely N-dealkylation sites (tertiary alicyclic amines) is 1. The van der Waals surface area contributed by atoms with Crippen LogP contribution in [0.25, 0.3) is 0 Å². The molecule has 0 spiro atoms. The minimum Gasteiger partial charge on any atom is -0.336 e. The average Bonchev–Trinajstić information content (AvgIpc) is 2.48. The van der Waals surface area contributed by atoms with E-state index in [2.05, 4.69) is 6.92 Å². The molecule has 0 saturated carbocycles.